The van der Waals surface area contributed by atoms with Gasteiger partial charge >= 0.3 is 5.97 Å². The minimum Gasteiger partial charge on any atom is -0.481 e. The predicted octanol–water partition coefficient (Wildman–Crippen LogP) is 3.92. The summed E-state index contributed by atoms with van der Waals surface area (Å²) in [6.45, 7) is 0. The van der Waals surface area contributed by atoms with Gasteiger partial charge in [-0.05, 0) is 23.8 Å². The maximum absolute atomic E-state index is 10.9. The summed E-state index contributed by atoms with van der Waals surface area (Å²) >= 11 is 18.1. The second kappa shape index (κ2) is 5.87. The van der Waals surface area contributed by atoms with Gasteiger partial charge in [-0.15, -0.1) is 0 Å². The van der Waals surface area contributed by atoms with Gasteiger partial charge in [-0.1, -0.05) is 34.8 Å². The van der Waals surface area contributed by atoms with E-state index >= 15 is 0 Å². The summed E-state index contributed by atoms with van der Waals surface area (Å²) in [4.78, 5) is 14.9. The first-order valence-electron chi connectivity index (χ1n) is 5.50. The number of anilines is 1. The van der Waals surface area contributed by atoms with Crippen LogP contribution in [0.5, 0.6) is 0 Å². The lowest BCUT2D eigenvalue weighted by molar-refractivity contribution is -0.136. The molecule has 1 aromatic heterocycles. The number of aromatic nitrogens is 1. The molecule has 2 rings (SSSR count). The Morgan fingerprint density at radius 1 is 1.30 bits per heavy atom. The van der Waals surface area contributed by atoms with Crippen molar-refractivity contribution in [1.82, 2.24) is 4.98 Å². The van der Waals surface area contributed by atoms with Crippen LogP contribution < -0.4 is 5.73 Å². The van der Waals surface area contributed by atoms with Crippen molar-refractivity contribution in [1.29, 1.82) is 0 Å². The van der Waals surface area contributed by atoms with Crippen molar-refractivity contribution in [2.75, 3.05) is 5.73 Å². The van der Waals surface area contributed by atoms with Crippen molar-refractivity contribution >= 4 is 46.6 Å². The van der Waals surface area contributed by atoms with Gasteiger partial charge in [-0.3, -0.25) is 4.79 Å². The zero-order chi connectivity index (χ0) is 14.9. The third kappa shape index (κ3) is 2.98. The molecule has 2 aromatic rings. The molecule has 0 amide bonds. The lowest BCUT2D eigenvalue weighted by Gasteiger charge is -2.13. The molecule has 0 atom stereocenters. The van der Waals surface area contributed by atoms with E-state index in [9.17, 15) is 4.79 Å². The minimum absolute atomic E-state index is 0.170. The molecule has 7 heteroatoms. The highest BCUT2D eigenvalue weighted by Crippen LogP contribution is 2.39. The summed E-state index contributed by atoms with van der Waals surface area (Å²) in [5.41, 5.74) is 7.24. The Balaban J connectivity index is 2.72. The number of halogens is 3. The molecular formula is C13H9Cl3N2O2. The fourth-order valence-corrected chi connectivity index (χ4v) is 2.58. The molecule has 20 heavy (non-hydrogen) atoms. The number of carboxylic acid groups (broad SMARTS) is 1. The zero-order valence-electron chi connectivity index (χ0n) is 10.0. The predicted molar refractivity (Wildman–Crippen MR) is 80.5 cm³/mol. The van der Waals surface area contributed by atoms with Crippen molar-refractivity contribution in [2.45, 2.75) is 6.42 Å². The lowest BCUT2D eigenvalue weighted by atomic mass is 9.98. The molecule has 0 bridgehead atoms. The van der Waals surface area contributed by atoms with Crippen LogP contribution in [0.3, 0.4) is 0 Å². The van der Waals surface area contributed by atoms with E-state index in [0.29, 0.717) is 21.7 Å². The molecule has 0 radical (unpaired) electrons. The Bertz CT molecular complexity index is 690. The highest BCUT2D eigenvalue weighted by atomic mass is 35.5. The van der Waals surface area contributed by atoms with Gasteiger partial charge in [0.25, 0.3) is 0 Å². The first kappa shape index (κ1) is 14.9. The van der Waals surface area contributed by atoms with E-state index in [1.165, 1.54) is 12.3 Å². The van der Waals surface area contributed by atoms with Crippen molar-refractivity contribution < 1.29 is 9.90 Å². The Labute approximate surface area is 130 Å². The summed E-state index contributed by atoms with van der Waals surface area (Å²) in [5.74, 6) is -0.815. The van der Waals surface area contributed by atoms with Gasteiger partial charge in [-0.2, -0.15) is 0 Å². The number of nitrogens with zero attached hydrogens (tertiary/aromatic N) is 1. The molecule has 0 aliphatic rings. The number of nitrogens with two attached hydrogens (primary N) is 1. The Hall–Kier alpha value is -1.49. The molecule has 0 saturated carbocycles. The number of carboxylic acids is 1. The average molecular weight is 332 g/mol. The van der Waals surface area contributed by atoms with Gasteiger partial charge in [0.2, 0.25) is 0 Å². The molecule has 1 heterocycles. The highest BCUT2D eigenvalue weighted by Gasteiger charge is 2.17. The van der Waals surface area contributed by atoms with Crippen molar-refractivity contribution in [3.8, 4) is 11.1 Å². The number of carbonyl (C=O) groups is 1. The summed E-state index contributed by atoms with van der Waals surface area (Å²) < 4.78 is 0. The van der Waals surface area contributed by atoms with Gasteiger partial charge in [-0.25, -0.2) is 4.98 Å². The molecule has 0 aliphatic heterocycles. The van der Waals surface area contributed by atoms with Crippen LogP contribution in [-0.2, 0) is 11.2 Å². The van der Waals surface area contributed by atoms with E-state index < -0.39 is 5.97 Å². The van der Waals surface area contributed by atoms with Crippen LogP contribution in [0.15, 0.2) is 24.4 Å². The molecule has 3 N–H and O–H groups in total. The normalized spacial score (nSPS) is 10.6. The monoisotopic (exact) mass is 330 g/mol. The Kier molecular flexibility index (Phi) is 4.38. The number of pyridine rings is 1. The van der Waals surface area contributed by atoms with Gasteiger partial charge in [0.05, 0.1) is 16.5 Å². The SMILES string of the molecule is Nc1nccc(CC(=O)O)c1-c1cc(Cl)cc(Cl)c1Cl. The second-order valence-electron chi connectivity index (χ2n) is 4.05. The Morgan fingerprint density at radius 3 is 2.65 bits per heavy atom. The van der Waals surface area contributed by atoms with Crippen LogP contribution in [0, 0.1) is 0 Å². The molecule has 0 aliphatic carbocycles. The van der Waals surface area contributed by atoms with E-state index in [-0.39, 0.29) is 22.3 Å². The van der Waals surface area contributed by atoms with Crippen LogP contribution in [0.1, 0.15) is 5.56 Å². The fraction of sp³-hybridized carbons (Fsp3) is 0.0769. The summed E-state index contributed by atoms with van der Waals surface area (Å²) in [6.07, 6.45) is 1.24. The van der Waals surface area contributed by atoms with E-state index in [2.05, 4.69) is 4.98 Å². The smallest absolute Gasteiger partial charge is 0.307 e. The van der Waals surface area contributed by atoms with Crippen molar-refractivity contribution in [3.63, 3.8) is 0 Å². The maximum atomic E-state index is 10.9. The standard InChI is InChI=1S/C13H9Cl3N2O2/c14-7-4-8(12(16)9(15)5-7)11-6(3-10(19)20)1-2-18-13(11)17/h1-2,4-5H,3H2,(H2,17,18)(H,19,20). The van der Waals surface area contributed by atoms with Crippen LogP contribution in [0.25, 0.3) is 11.1 Å². The van der Waals surface area contributed by atoms with Crippen LogP contribution >= 0.6 is 34.8 Å². The van der Waals surface area contributed by atoms with E-state index in [4.69, 9.17) is 45.6 Å². The van der Waals surface area contributed by atoms with Crippen LogP contribution in [-0.4, -0.2) is 16.1 Å². The largest absolute Gasteiger partial charge is 0.481 e. The molecule has 0 fully saturated rings. The number of rotatable bonds is 3. The zero-order valence-corrected chi connectivity index (χ0v) is 12.3. The molecule has 0 saturated heterocycles. The van der Waals surface area contributed by atoms with E-state index in [0.717, 1.165) is 0 Å². The third-order valence-corrected chi connectivity index (χ3v) is 3.69. The number of aliphatic carboxylic acids is 1. The Morgan fingerprint density at radius 2 is 2.00 bits per heavy atom. The first-order chi connectivity index (χ1) is 9.40. The van der Waals surface area contributed by atoms with Gasteiger partial charge in [0.15, 0.2) is 0 Å². The first-order valence-corrected chi connectivity index (χ1v) is 6.63. The molecule has 104 valence electrons. The molecule has 4 nitrogen and oxygen atoms in total. The summed E-state index contributed by atoms with van der Waals surface area (Å²) in [7, 11) is 0. The fourth-order valence-electron chi connectivity index (χ4n) is 1.88. The summed E-state index contributed by atoms with van der Waals surface area (Å²) in [6, 6.07) is 4.65. The quantitative estimate of drug-likeness (QED) is 0.836. The van der Waals surface area contributed by atoms with Crippen molar-refractivity contribution in [3.05, 3.63) is 45.0 Å². The number of benzene rings is 1. The number of hydrogen-bond donors (Lipinski definition) is 2. The summed E-state index contributed by atoms with van der Waals surface area (Å²) in [5, 5.41) is 9.85. The molecule has 0 unspecified atom stereocenters. The van der Waals surface area contributed by atoms with Gasteiger partial charge in [0, 0.05) is 22.3 Å². The third-order valence-electron chi connectivity index (χ3n) is 2.67. The number of nitrogen functional groups attached to an aromatic ring is 1. The second-order valence-corrected chi connectivity index (χ2v) is 5.27. The lowest BCUT2D eigenvalue weighted by Crippen LogP contribution is -2.05. The minimum atomic E-state index is -0.985. The molecule has 0 spiro atoms. The van der Waals surface area contributed by atoms with Crippen molar-refractivity contribution in [2.24, 2.45) is 0 Å². The van der Waals surface area contributed by atoms with Crippen LogP contribution in [0.2, 0.25) is 15.1 Å². The van der Waals surface area contributed by atoms with Gasteiger partial charge < -0.3 is 10.8 Å². The topological polar surface area (TPSA) is 76.2 Å². The maximum Gasteiger partial charge on any atom is 0.307 e. The van der Waals surface area contributed by atoms with E-state index in [1.54, 1.807) is 12.1 Å². The number of hydrogen-bond acceptors (Lipinski definition) is 3. The van der Waals surface area contributed by atoms with E-state index in [1.807, 2.05) is 0 Å². The molecular weight excluding hydrogens is 323 g/mol. The average Bonchev–Trinajstić information content (AvgIpc) is 2.34. The van der Waals surface area contributed by atoms with Gasteiger partial charge in [0.1, 0.15) is 5.82 Å². The highest BCUT2D eigenvalue weighted by molar-refractivity contribution is 6.45. The van der Waals surface area contributed by atoms with Crippen LogP contribution in [0.4, 0.5) is 5.82 Å². The molecule has 1 aromatic carbocycles.